The van der Waals surface area contributed by atoms with Gasteiger partial charge in [0.05, 0.1) is 6.61 Å². The summed E-state index contributed by atoms with van der Waals surface area (Å²) in [6.45, 7) is 3.25. The van der Waals surface area contributed by atoms with Crippen molar-refractivity contribution in [2.75, 3.05) is 13.2 Å². The second-order valence-electron chi connectivity index (χ2n) is 7.14. The second kappa shape index (κ2) is 8.09. The Kier molecular flexibility index (Phi) is 5.87. The summed E-state index contributed by atoms with van der Waals surface area (Å²) in [4.78, 5) is 0. The van der Waals surface area contributed by atoms with Crippen molar-refractivity contribution < 1.29 is 5.11 Å². The number of aliphatic hydroxyl groups is 1. The zero-order valence-corrected chi connectivity index (χ0v) is 14.2. The van der Waals surface area contributed by atoms with E-state index in [0.717, 1.165) is 12.5 Å². The lowest BCUT2D eigenvalue weighted by Gasteiger charge is -2.30. The third kappa shape index (κ3) is 4.90. The van der Waals surface area contributed by atoms with Crippen molar-refractivity contribution >= 4 is 6.08 Å². The molecule has 1 aromatic carbocycles. The minimum Gasteiger partial charge on any atom is -0.395 e. The smallest absolute Gasteiger partial charge is 0.0556 e. The molecule has 0 radical (unpaired) electrons. The van der Waals surface area contributed by atoms with Crippen LogP contribution in [0.5, 0.6) is 0 Å². The van der Waals surface area contributed by atoms with Crippen molar-refractivity contribution in [3.8, 4) is 0 Å². The lowest BCUT2D eigenvalue weighted by atomic mass is 9.91. The first-order chi connectivity index (χ1) is 11.3. The Morgan fingerprint density at radius 1 is 1.13 bits per heavy atom. The van der Waals surface area contributed by atoms with Gasteiger partial charge in [-0.15, -0.1) is 0 Å². The Morgan fingerprint density at radius 3 is 2.52 bits per heavy atom. The van der Waals surface area contributed by atoms with E-state index in [4.69, 9.17) is 5.11 Å². The molecule has 3 nitrogen and oxygen atoms in total. The lowest BCUT2D eigenvalue weighted by molar-refractivity contribution is 0.258. The van der Waals surface area contributed by atoms with E-state index in [1.165, 1.54) is 43.2 Å². The topological polar surface area (TPSA) is 44.3 Å². The van der Waals surface area contributed by atoms with Crippen LogP contribution < -0.4 is 10.6 Å². The van der Waals surface area contributed by atoms with E-state index in [-0.39, 0.29) is 6.61 Å². The zero-order chi connectivity index (χ0) is 16.1. The van der Waals surface area contributed by atoms with Crippen LogP contribution in [0.2, 0.25) is 0 Å². The van der Waals surface area contributed by atoms with Gasteiger partial charge in [-0.05, 0) is 50.5 Å². The highest BCUT2D eigenvalue weighted by molar-refractivity contribution is 5.53. The van der Waals surface area contributed by atoms with Crippen LogP contribution in [0.15, 0.2) is 35.9 Å². The quantitative estimate of drug-likeness (QED) is 0.725. The van der Waals surface area contributed by atoms with Crippen LogP contribution in [-0.2, 0) is 0 Å². The van der Waals surface area contributed by atoms with Gasteiger partial charge in [0.1, 0.15) is 0 Å². The van der Waals surface area contributed by atoms with Gasteiger partial charge in [0.25, 0.3) is 0 Å². The average Bonchev–Trinajstić information content (AvgIpc) is 3.34. The number of rotatable bonds is 7. The van der Waals surface area contributed by atoms with Gasteiger partial charge in [-0.1, -0.05) is 42.0 Å². The molecule has 3 N–H and O–H groups in total. The molecule has 0 aliphatic heterocycles. The highest BCUT2D eigenvalue weighted by Gasteiger charge is 2.39. The molecule has 3 rings (SSSR count). The van der Waals surface area contributed by atoms with Gasteiger partial charge >= 0.3 is 0 Å². The fourth-order valence-corrected chi connectivity index (χ4v) is 3.84. The molecule has 0 heterocycles. The van der Waals surface area contributed by atoms with E-state index in [2.05, 4.69) is 54.0 Å². The molecule has 3 heteroatoms. The summed E-state index contributed by atoms with van der Waals surface area (Å²) in [5.74, 6) is 0.723. The average molecular weight is 314 g/mol. The van der Waals surface area contributed by atoms with Crippen molar-refractivity contribution in [1.82, 2.24) is 10.6 Å². The summed E-state index contributed by atoms with van der Waals surface area (Å²) in [5.41, 5.74) is 2.82. The van der Waals surface area contributed by atoms with Crippen molar-refractivity contribution in [2.45, 2.75) is 57.2 Å². The molecule has 1 aromatic rings. The number of benzene rings is 1. The number of hydrogen-bond acceptors (Lipinski definition) is 3. The summed E-state index contributed by atoms with van der Waals surface area (Å²) in [5, 5.41) is 16.2. The molecule has 2 aliphatic rings. The summed E-state index contributed by atoms with van der Waals surface area (Å²) < 4.78 is 0. The Morgan fingerprint density at radius 2 is 1.83 bits per heavy atom. The largest absolute Gasteiger partial charge is 0.395 e. The first-order valence-electron chi connectivity index (χ1n) is 9.10. The zero-order valence-electron chi connectivity index (χ0n) is 14.2. The van der Waals surface area contributed by atoms with Crippen molar-refractivity contribution in [1.29, 1.82) is 0 Å². The summed E-state index contributed by atoms with van der Waals surface area (Å²) in [6.07, 6.45) is 8.60. The molecular weight excluding hydrogens is 284 g/mol. The van der Waals surface area contributed by atoms with Crippen LogP contribution in [0, 0.1) is 5.92 Å². The van der Waals surface area contributed by atoms with Crippen molar-refractivity contribution in [3.05, 3.63) is 41.5 Å². The maximum absolute atomic E-state index is 8.88. The molecule has 0 amide bonds. The molecule has 0 bridgehead atoms. The van der Waals surface area contributed by atoms with Gasteiger partial charge in [-0.2, -0.15) is 0 Å². The van der Waals surface area contributed by atoms with Gasteiger partial charge in [-0.25, -0.2) is 0 Å². The Balaban J connectivity index is 1.41. The van der Waals surface area contributed by atoms with Gasteiger partial charge in [0.15, 0.2) is 0 Å². The highest BCUT2D eigenvalue weighted by Crippen LogP contribution is 2.39. The predicted molar refractivity (Wildman–Crippen MR) is 96.3 cm³/mol. The fourth-order valence-electron chi connectivity index (χ4n) is 3.84. The second-order valence-corrected chi connectivity index (χ2v) is 7.14. The molecule has 23 heavy (non-hydrogen) atoms. The van der Waals surface area contributed by atoms with Crippen molar-refractivity contribution in [3.63, 3.8) is 0 Å². The standard InChI is InChI=1S/C20H30N2O/c1-15(13-16-5-3-2-4-6-16)19-14-20(19)22-18-9-7-17(8-10-18)21-11-12-23/h2-6,13,17-23H,7-12,14H2,1H3/t17?,18?,19?,20-/m0/s1. The minimum atomic E-state index is 0.245. The van der Waals surface area contributed by atoms with E-state index in [0.29, 0.717) is 18.1 Å². The molecule has 0 saturated heterocycles. The Bertz CT molecular complexity index is 506. The summed E-state index contributed by atoms with van der Waals surface area (Å²) >= 11 is 0. The van der Waals surface area contributed by atoms with Gasteiger partial charge in [-0.3, -0.25) is 0 Å². The maximum Gasteiger partial charge on any atom is 0.0556 e. The molecule has 126 valence electrons. The van der Waals surface area contributed by atoms with E-state index in [1.54, 1.807) is 0 Å². The normalized spacial score (nSPS) is 31.1. The minimum absolute atomic E-state index is 0.245. The molecule has 2 aliphatic carbocycles. The Hall–Kier alpha value is -1.16. The summed E-state index contributed by atoms with van der Waals surface area (Å²) in [6, 6.07) is 12.6. The lowest BCUT2D eigenvalue weighted by Crippen LogP contribution is -2.41. The van der Waals surface area contributed by atoms with Gasteiger partial charge in [0, 0.05) is 24.7 Å². The molecule has 2 atom stereocenters. The number of nitrogens with one attached hydrogen (secondary N) is 2. The van der Waals surface area contributed by atoms with E-state index in [1.807, 2.05) is 0 Å². The third-order valence-corrected chi connectivity index (χ3v) is 5.29. The molecule has 0 spiro atoms. The van der Waals surface area contributed by atoms with E-state index < -0.39 is 0 Å². The fraction of sp³-hybridized carbons (Fsp3) is 0.600. The monoisotopic (exact) mass is 314 g/mol. The summed E-state index contributed by atoms with van der Waals surface area (Å²) in [7, 11) is 0. The van der Waals surface area contributed by atoms with E-state index >= 15 is 0 Å². The maximum atomic E-state index is 8.88. The van der Waals surface area contributed by atoms with Gasteiger partial charge in [0.2, 0.25) is 0 Å². The molecular formula is C20H30N2O. The third-order valence-electron chi connectivity index (χ3n) is 5.29. The molecule has 1 unspecified atom stereocenters. The van der Waals surface area contributed by atoms with Gasteiger partial charge < -0.3 is 15.7 Å². The Labute approximate surface area is 140 Å². The van der Waals surface area contributed by atoms with Crippen LogP contribution >= 0.6 is 0 Å². The van der Waals surface area contributed by atoms with Crippen LogP contribution in [-0.4, -0.2) is 36.4 Å². The van der Waals surface area contributed by atoms with Crippen LogP contribution in [0.3, 0.4) is 0 Å². The molecule has 0 aromatic heterocycles. The molecule has 2 fully saturated rings. The first-order valence-corrected chi connectivity index (χ1v) is 9.10. The van der Waals surface area contributed by atoms with Crippen LogP contribution in [0.25, 0.3) is 6.08 Å². The number of aliphatic hydroxyl groups excluding tert-OH is 1. The highest BCUT2D eigenvalue weighted by atomic mass is 16.3. The van der Waals surface area contributed by atoms with Crippen LogP contribution in [0.1, 0.15) is 44.6 Å². The van der Waals surface area contributed by atoms with Crippen LogP contribution in [0.4, 0.5) is 0 Å². The SMILES string of the molecule is CC(=Cc1ccccc1)C1C[C@@H]1NC1CCC(NCCO)CC1. The first kappa shape index (κ1) is 16.7. The number of hydrogen-bond donors (Lipinski definition) is 3. The predicted octanol–water partition coefficient (Wildman–Crippen LogP) is 2.96. The van der Waals surface area contributed by atoms with Crippen molar-refractivity contribution in [2.24, 2.45) is 5.92 Å². The molecule has 2 saturated carbocycles. The van der Waals surface area contributed by atoms with E-state index in [9.17, 15) is 0 Å².